The number of rotatable bonds is 5. The average molecular weight is 337 g/mol. The molecule has 0 saturated carbocycles. The summed E-state index contributed by atoms with van der Waals surface area (Å²) in [6.07, 6.45) is 4.42. The minimum atomic E-state index is 0.474. The molecule has 3 aromatic rings. The Labute approximate surface area is 147 Å². The molecule has 1 fully saturated rings. The summed E-state index contributed by atoms with van der Waals surface area (Å²) >= 11 is 0. The van der Waals surface area contributed by atoms with Gasteiger partial charge in [0.15, 0.2) is 0 Å². The highest BCUT2D eigenvalue weighted by Gasteiger charge is 2.26. The maximum atomic E-state index is 4.51. The van der Waals surface area contributed by atoms with E-state index in [9.17, 15) is 0 Å². The number of para-hydroxylation sites is 1. The number of nitrogens with zero attached hydrogens (tertiary/aromatic N) is 7. The second-order valence-corrected chi connectivity index (χ2v) is 6.64. The van der Waals surface area contributed by atoms with E-state index in [-0.39, 0.29) is 0 Å². The molecule has 0 aliphatic carbocycles. The van der Waals surface area contributed by atoms with Gasteiger partial charge in [0.1, 0.15) is 11.6 Å². The third-order valence-electron chi connectivity index (χ3n) is 4.77. The molecule has 2 aromatic heterocycles. The number of likely N-dealkylation sites (tertiary alicyclic amines) is 1. The fraction of sp³-hybridized carbons (Fsp3) is 0.444. The molecule has 0 amide bonds. The first-order valence-electron chi connectivity index (χ1n) is 8.78. The Bertz CT molecular complexity index is 836. The van der Waals surface area contributed by atoms with E-state index in [4.69, 9.17) is 0 Å². The van der Waals surface area contributed by atoms with E-state index in [1.165, 1.54) is 12.8 Å². The lowest BCUT2D eigenvalue weighted by Gasteiger charge is -2.23. The second-order valence-electron chi connectivity index (χ2n) is 6.64. The van der Waals surface area contributed by atoms with Crippen molar-refractivity contribution in [2.75, 3.05) is 6.54 Å². The zero-order chi connectivity index (χ0) is 17.2. The molecule has 0 radical (unpaired) electrons. The van der Waals surface area contributed by atoms with Crippen LogP contribution in [0.1, 0.15) is 30.2 Å². The van der Waals surface area contributed by atoms with Gasteiger partial charge in [0.05, 0.1) is 24.1 Å². The Balaban J connectivity index is 1.45. The van der Waals surface area contributed by atoms with Crippen LogP contribution in [0.15, 0.2) is 36.5 Å². The number of aromatic nitrogens is 6. The molecule has 1 atom stereocenters. The standard InChI is InChI=1S/C18H23N7/c1-14-19-15(2)24(21-14)13-18-9-6-10-23(18)11-16-12-25(22-20-16)17-7-4-3-5-8-17/h3-5,7-8,12,18H,6,9-11,13H2,1-2H3/t18-/m1/s1. The molecule has 7 heteroatoms. The lowest BCUT2D eigenvalue weighted by molar-refractivity contribution is 0.215. The highest BCUT2D eigenvalue weighted by atomic mass is 15.4. The average Bonchev–Trinajstić information content (AvgIpc) is 3.32. The normalized spacial score (nSPS) is 18.1. The summed E-state index contributed by atoms with van der Waals surface area (Å²) in [4.78, 5) is 6.89. The molecule has 0 spiro atoms. The van der Waals surface area contributed by atoms with Gasteiger partial charge in [-0.25, -0.2) is 14.3 Å². The van der Waals surface area contributed by atoms with Crippen molar-refractivity contribution in [2.24, 2.45) is 0 Å². The Hall–Kier alpha value is -2.54. The third kappa shape index (κ3) is 3.46. The molecule has 130 valence electrons. The van der Waals surface area contributed by atoms with Gasteiger partial charge in [-0.1, -0.05) is 23.4 Å². The van der Waals surface area contributed by atoms with Crippen LogP contribution < -0.4 is 0 Å². The molecule has 1 aliphatic heterocycles. The first-order valence-corrected chi connectivity index (χ1v) is 8.78. The monoisotopic (exact) mass is 337 g/mol. The first kappa shape index (κ1) is 16.0. The van der Waals surface area contributed by atoms with Crippen molar-refractivity contribution in [3.8, 4) is 5.69 Å². The van der Waals surface area contributed by atoms with Crippen molar-refractivity contribution in [3.05, 3.63) is 53.9 Å². The number of hydrogen-bond acceptors (Lipinski definition) is 5. The summed E-state index contributed by atoms with van der Waals surface area (Å²) in [5, 5.41) is 13.1. The maximum absolute atomic E-state index is 4.51. The summed E-state index contributed by atoms with van der Waals surface area (Å²) in [6, 6.07) is 10.6. The van der Waals surface area contributed by atoms with E-state index < -0.39 is 0 Å². The third-order valence-corrected chi connectivity index (χ3v) is 4.77. The van der Waals surface area contributed by atoms with Gasteiger partial charge in [0.25, 0.3) is 0 Å². The van der Waals surface area contributed by atoms with Crippen molar-refractivity contribution in [1.82, 2.24) is 34.7 Å². The van der Waals surface area contributed by atoms with Crippen molar-refractivity contribution in [2.45, 2.75) is 45.8 Å². The quantitative estimate of drug-likeness (QED) is 0.714. The number of hydrogen-bond donors (Lipinski definition) is 0. The van der Waals surface area contributed by atoms with Crippen LogP contribution in [0, 0.1) is 13.8 Å². The summed E-state index contributed by atoms with van der Waals surface area (Å²) in [6.45, 7) is 6.77. The Morgan fingerprint density at radius 3 is 2.76 bits per heavy atom. The SMILES string of the molecule is Cc1nc(C)n(C[C@H]2CCCN2Cc2cn(-c3ccccc3)nn2)n1. The molecule has 1 saturated heterocycles. The zero-order valence-electron chi connectivity index (χ0n) is 14.7. The lowest BCUT2D eigenvalue weighted by Crippen LogP contribution is -2.33. The summed E-state index contributed by atoms with van der Waals surface area (Å²) in [5.74, 6) is 1.83. The van der Waals surface area contributed by atoms with Crippen LogP contribution in [0.5, 0.6) is 0 Å². The van der Waals surface area contributed by atoms with E-state index in [1.54, 1.807) is 0 Å². The summed E-state index contributed by atoms with van der Waals surface area (Å²) in [5.41, 5.74) is 2.04. The molecule has 25 heavy (non-hydrogen) atoms. The van der Waals surface area contributed by atoms with Crippen LogP contribution in [-0.4, -0.2) is 47.2 Å². The van der Waals surface area contributed by atoms with Gasteiger partial charge in [-0.2, -0.15) is 5.10 Å². The fourth-order valence-corrected chi connectivity index (χ4v) is 3.53. The van der Waals surface area contributed by atoms with Crippen LogP contribution in [0.4, 0.5) is 0 Å². The van der Waals surface area contributed by atoms with Gasteiger partial charge in [0, 0.05) is 12.6 Å². The van der Waals surface area contributed by atoms with Gasteiger partial charge in [-0.05, 0) is 45.4 Å². The molecule has 1 aromatic carbocycles. The first-order chi connectivity index (χ1) is 12.2. The van der Waals surface area contributed by atoms with Crippen molar-refractivity contribution in [3.63, 3.8) is 0 Å². The van der Waals surface area contributed by atoms with E-state index in [0.717, 1.165) is 42.7 Å². The maximum Gasteiger partial charge on any atom is 0.147 e. The Kier molecular flexibility index (Phi) is 4.31. The summed E-state index contributed by atoms with van der Waals surface area (Å²) < 4.78 is 3.87. The van der Waals surface area contributed by atoms with Gasteiger partial charge >= 0.3 is 0 Å². The van der Waals surface area contributed by atoms with Crippen LogP contribution >= 0.6 is 0 Å². The molecule has 3 heterocycles. The molecular formula is C18H23N7. The van der Waals surface area contributed by atoms with Gasteiger partial charge < -0.3 is 0 Å². The van der Waals surface area contributed by atoms with Crippen LogP contribution in [0.25, 0.3) is 5.69 Å². The molecule has 1 aliphatic rings. The summed E-state index contributed by atoms with van der Waals surface area (Å²) in [7, 11) is 0. The topological polar surface area (TPSA) is 64.7 Å². The van der Waals surface area contributed by atoms with Crippen LogP contribution in [0.3, 0.4) is 0 Å². The number of aryl methyl sites for hydroxylation is 2. The molecule has 4 rings (SSSR count). The van der Waals surface area contributed by atoms with Gasteiger partial charge in [-0.15, -0.1) is 5.10 Å². The smallest absolute Gasteiger partial charge is 0.147 e. The highest BCUT2D eigenvalue weighted by Crippen LogP contribution is 2.21. The predicted molar refractivity (Wildman–Crippen MR) is 94.3 cm³/mol. The molecular weight excluding hydrogens is 314 g/mol. The van der Waals surface area contributed by atoms with Gasteiger partial charge in [0.2, 0.25) is 0 Å². The predicted octanol–water partition coefficient (Wildman–Crippen LogP) is 2.14. The Morgan fingerprint density at radius 1 is 1.16 bits per heavy atom. The van der Waals surface area contributed by atoms with Crippen LogP contribution in [-0.2, 0) is 13.1 Å². The van der Waals surface area contributed by atoms with Gasteiger partial charge in [-0.3, -0.25) is 4.90 Å². The minimum absolute atomic E-state index is 0.474. The molecule has 0 unspecified atom stereocenters. The number of benzene rings is 1. The van der Waals surface area contributed by atoms with Crippen LogP contribution in [0.2, 0.25) is 0 Å². The molecule has 0 N–H and O–H groups in total. The second kappa shape index (κ2) is 6.76. The minimum Gasteiger partial charge on any atom is -0.293 e. The fourth-order valence-electron chi connectivity index (χ4n) is 3.53. The van der Waals surface area contributed by atoms with Crippen molar-refractivity contribution in [1.29, 1.82) is 0 Å². The molecule has 7 nitrogen and oxygen atoms in total. The molecule has 0 bridgehead atoms. The van der Waals surface area contributed by atoms with Crippen molar-refractivity contribution < 1.29 is 0 Å². The Morgan fingerprint density at radius 2 is 2.00 bits per heavy atom. The highest BCUT2D eigenvalue weighted by molar-refractivity contribution is 5.29. The lowest BCUT2D eigenvalue weighted by atomic mass is 10.2. The van der Waals surface area contributed by atoms with E-state index in [2.05, 4.69) is 25.3 Å². The largest absolute Gasteiger partial charge is 0.293 e. The van der Waals surface area contributed by atoms with E-state index >= 15 is 0 Å². The van der Waals surface area contributed by atoms with E-state index in [1.807, 2.05) is 59.7 Å². The van der Waals surface area contributed by atoms with Crippen molar-refractivity contribution >= 4 is 0 Å². The zero-order valence-corrected chi connectivity index (χ0v) is 14.7. The van der Waals surface area contributed by atoms with E-state index in [0.29, 0.717) is 6.04 Å².